The van der Waals surface area contributed by atoms with Gasteiger partial charge in [0.05, 0.1) is 0 Å². The van der Waals surface area contributed by atoms with Gasteiger partial charge in [0.2, 0.25) is 0 Å². The van der Waals surface area contributed by atoms with Gasteiger partial charge >= 0.3 is 0 Å². The topological polar surface area (TPSA) is 34.1 Å². The third-order valence-corrected chi connectivity index (χ3v) is 5.04. The summed E-state index contributed by atoms with van der Waals surface area (Å²) in [6, 6.07) is 0. The van der Waals surface area contributed by atoms with Gasteiger partial charge in [-0.05, 0) is 9.83 Å². The molecule has 0 fully saturated rings. The van der Waals surface area contributed by atoms with Gasteiger partial charge in [-0.25, -0.2) is 0 Å². The minimum absolute atomic E-state index is 0.617. The Bertz CT molecular complexity index is 96.0. The Labute approximate surface area is 78.1 Å². The Morgan fingerprint density at radius 2 is 1.36 bits per heavy atom. The van der Waals surface area contributed by atoms with Crippen molar-refractivity contribution in [2.45, 2.75) is 12.8 Å². The first-order valence-electron chi connectivity index (χ1n) is 3.20. The third kappa shape index (κ3) is 10.4. The Balaban J connectivity index is 2.79. The van der Waals surface area contributed by atoms with Crippen molar-refractivity contribution in [2.24, 2.45) is 0 Å². The Morgan fingerprint density at radius 1 is 0.909 bits per heavy atom. The quantitative estimate of drug-likeness (QED) is 0.348. The Hall–Kier alpha value is 0.390. The van der Waals surface area contributed by atoms with E-state index in [0.717, 1.165) is 24.1 Å². The lowest BCUT2D eigenvalue weighted by Gasteiger charge is -1.94. The predicted molar refractivity (Wildman–Crippen MR) is 53.9 cm³/mol. The summed E-state index contributed by atoms with van der Waals surface area (Å²) in [6.45, 7) is 0. The maximum Gasteiger partial charge on any atom is 0.120 e. The first kappa shape index (κ1) is 11.4. The van der Waals surface area contributed by atoms with Gasteiger partial charge in [0.15, 0.2) is 0 Å². The number of aldehydes is 2. The van der Waals surface area contributed by atoms with E-state index in [-0.39, 0.29) is 0 Å². The van der Waals surface area contributed by atoms with E-state index in [1.54, 1.807) is 31.4 Å². The maximum atomic E-state index is 9.86. The summed E-state index contributed by atoms with van der Waals surface area (Å²) in [7, 11) is 4.97. The second kappa shape index (κ2) is 10.4. The monoisotopic (exact) mass is 210 g/mol. The predicted octanol–water partition coefficient (Wildman–Crippen LogP) is 2.19. The normalized spacial score (nSPS) is 9.45. The van der Waals surface area contributed by atoms with Crippen LogP contribution in [0.15, 0.2) is 0 Å². The zero-order valence-corrected chi connectivity index (χ0v) is 8.47. The molecule has 0 amide bonds. The summed E-state index contributed by atoms with van der Waals surface area (Å²) >= 11 is 0. The van der Waals surface area contributed by atoms with Gasteiger partial charge in [-0.1, -0.05) is 21.6 Å². The summed E-state index contributed by atoms with van der Waals surface area (Å²) < 4.78 is 0. The van der Waals surface area contributed by atoms with Crippen LogP contribution in [0.25, 0.3) is 0 Å². The number of hydrogen-bond donors (Lipinski definition) is 0. The molecule has 0 spiro atoms. The molecule has 0 aliphatic heterocycles. The van der Waals surface area contributed by atoms with Crippen molar-refractivity contribution in [3.8, 4) is 0 Å². The molecule has 0 rings (SSSR count). The van der Waals surface area contributed by atoms with Crippen LogP contribution in [0.3, 0.4) is 0 Å². The van der Waals surface area contributed by atoms with Crippen molar-refractivity contribution in [1.29, 1.82) is 0 Å². The van der Waals surface area contributed by atoms with Gasteiger partial charge in [-0.3, -0.25) is 0 Å². The van der Waals surface area contributed by atoms with E-state index >= 15 is 0 Å². The van der Waals surface area contributed by atoms with Crippen LogP contribution in [0.5, 0.6) is 0 Å². The average molecular weight is 210 g/mol. The maximum absolute atomic E-state index is 9.86. The zero-order chi connectivity index (χ0) is 8.36. The average Bonchev–Trinajstić information content (AvgIpc) is 2.03. The van der Waals surface area contributed by atoms with Crippen LogP contribution < -0.4 is 0 Å². The molecular formula is C6H10O2S3. The van der Waals surface area contributed by atoms with Crippen molar-refractivity contribution in [1.82, 2.24) is 0 Å². The molecule has 0 aromatic heterocycles. The van der Waals surface area contributed by atoms with Crippen LogP contribution in [0.1, 0.15) is 12.8 Å². The van der Waals surface area contributed by atoms with E-state index in [1.807, 2.05) is 0 Å². The van der Waals surface area contributed by atoms with Crippen molar-refractivity contribution >= 4 is 44.0 Å². The van der Waals surface area contributed by atoms with Crippen LogP contribution >= 0.6 is 31.4 Å². The molecule has 0 N–H and O–H groups in total. The lowest BCUT2D eigenvalue weighted by molar-refractivity contribution is -0.108. The fourth-order valence-electron chi connectivity index (χ4n) is 0.295. The molecular weight excluding hydrogens is 200 g/mol. The second-order valence-electron chi connectivity index (χ2n) is 1.62. The SMILES string of the molecule is O=CCCSSSCCC=O. The highest BCUT2D eigenvalue weighted by Gasteiger charge is 1.90. The molecule has 0 aromatic carbocycles. The fourth-order valence-corrected chi connectivity index (χ4v) is 3.91. The van der Waals surface area contributed by atoms with Gasteiger partial charge in [-0.2, -0.15) is 0 Å². The van der Waals surface area contributed by atoms with Gasteiger partial charge in [0.25, 0.3) is 0 Å². The standard InChI is InChI=1S/C6H10O2S3/c7-3-1-5-9-11-10-6-2-4-8/h3-4H,1-2,5-6H2. The number of rotatable bonds is 8. The summed E-state index contributed by atoms with van der Waals surface area (Å²) in [5.74, 6) is 1.73. The van der Waals surface area contributed by atoms with E-state index in [4.69, 9.17) is 0 Å². The van der Waals surface area contributed by atoms with E-state index in [2.05, 4.69) is 0 Å². The highest BCUT2D eigenvalue weighted by Crippen LogP contribution is 2.34. The molecule has 5 heteroatoms. The Kier molecular flexibility index (Phi) is 10.8. The van der Waals surface area contributed by atoms with Crippen molar-refractivity contribution < 1.29 is 9.59 Å². The molecule has 11 heavy (non-hydrogen) atoms. The molecule has 0 atom stereocenters. The highest BCUT2D eigenvalue weighted by molar-refractivity contribution is 9.09. The first-order chi connectivity index (χ1) is 5.41. The van der Waals surface area contributed by atoms with Gasteiger partial charge in [0, 0.05) is 24.3 Å². The summed E-state index contributed by atoms with van der Waals surface area (Å²) in [5, 5.41) is 0. The van der Waals surface area contributed by atoms with Crippen molar-refractivity contribution in [2.75, 3.05) is 11.5 Å². The van der Waals surface area contributed by atoms with E-state index in [9.17, 15) is 9.59 Å². The molecule has 0 saturated heterocycles. The molecule has 0 unspecified atom stereocenters. The van der Waals surface area contributed by atoms with Crippen molar-refractivity contribution in [3.05, 3.63) is 0 Å². The molecule has 0 aliphatic rings. The molecule has 0 saturated carbocycles. The van der Waals surface area contributed by atoms with Crippen LogP contribution in [0.2, 0.25) is 0 Å². The van der Waals surface area contributed by atoms with E-state index in [0.29, 0.717) is 12.8 Å². The minimum atomic E-state index is 0.617. The van der Waals surface area contributed by atoms with E-state index in [1.165, 1.54) is 0 Å². The van der Waals surface area contributed by atoms with Crippen LogP contribution in [0, 0.1) is 0 Å². The lowest BCUT2D eigenvalue weighted by Crippen LogP contribution is -1.77. The number of carbonyl (C=O) groups excluding carboxylic acids is 2. The highest BCUT2D eigenvalue weighted by atomic mass is 33.5. The van der Waals surface area contributed by atoms with Crippen LogP contribution in [-0.4, -0.2) is 24.1 Å². The molecule has 0 aliphatic carbocycles. The smallest absolute Gasteiger partial charge is 0.120 e. The van der Waals surface area contributed by atoms with Gasteiger partial charge in [-0.15, -0.1) is 0 Å². The molecule has 2 nitrogen and oxygen atoms in total. The third-order valence-electron chi connectivity index (χ3n) is 0.734. The van der Waals surface area contributed by atoms with Crippen LogP contribution in [0.4, 0.5) is 0 Å². The second-order valence-corrected chi connectivity index (χ2v) is 6.09. The molecule has 0 radical (unpaired) electrons. The lowest BCUT2D eigenvalue weighted by atomic mass is 10.6. The zero-order valence-electron chi connectivity index (χ0n) is 6.02. The largest absolute Gasteiger partial charge is 0.303 e. The summed E-state index contributed by atoms with van der Waals surface area (Å²) in [4.78, 5) is 19.7. The molecule has 0 bridgehead atoms. The minimum Gasteiger partial charge on any atom is -0.303 e. The van der Waals surface area contributed by atoms with Crippen LogP contribution in [-0.2, 0) is 9.59 Å². The molecule has 0 aromatic rings. The van der Waals surface area contributed by atoms with Gasteiger partial charge in [0.1, 0.15) is 12.6 Å². The van der Waals surface area contributed by atoms with E-state index < -0.39 is 0 Å². The van der Waals surface area contributed by atoms with Crippen molar-refractivity contribution in [3.63, 3.8) is 0 Å². The summed E-state index contributed by atoms with van der Waals surface area (Å²) in [5.41, 5.74) is 0. The molecule has 64 valence electrons. The van der Waals surface area contributed by atoms with Gasteiger partial charge < -0.3 is 9.59 Å². The number of carbonyl (C=O) groups is 2. The number of hydrogen-bond acceptors (Lipinski definition) is 5. The first-order valence-corrected chi connectivity index (χ1v) is 7.02. The molecule has 0 heterocycles. The summed E-state index contributed by atoms with van der Waals surface area (Å²) in [6.07, 6.45) is 3.07. The fraction of sp³-hybridized carbons (Fsp3) is 0.667. The Morgan fingerprint density at radius 3 is 1.73 bits per heavy atom.